The van der Waals surface area contributed by atoms with Gasteiger partial charge in [0, 0.05) is 10.4 Å². The van der Waals surface area contributed by atoms with E-state index >= 15 is 0 Å². The van der Waals surface area contributed by atoms with Crippen LogP contribution in [0.1, 0.15) is 20.1 Å². The number of benzene rings is 1. The van der Waals surface area contributed by atoms with Crippen LogP contribution < -0.4 is 9.47 Å². The average Bonchev–Trinajstić information content (AvgIpc) is 2.91. The van der Waals surface area contributed by atoms with E-state index in [1.165, 1.54) is 11.3 Å². The lowest BCUT2D eigenvalue weighted by Gasteiger charge is -2.10. The highest BCUT2D eigenvalue weighted by Gasteiger charge is 2.12. The Bertz CT molecular complexity index is 604. The van der Waals surface area contributed by atoms with E-state index in [0.29, 0.717) is 16.4 Å². The minimum Gasteiger partial charge on any atom is -0.497 e. The van der Waals surface area contributed by atoms with Gasteiger partial charge in [-0.1, -0.05) is 0 Å². The number of rotatable bonds is 5. The first-order valence-electron chi connectivity index (χ1n) is 6.08. The molecule has 1 heterocycles. The van der Waals surface area contributed by atoms with Crippen LogP contribution in [0.15, 0.2) is 30.3 Å². The molecular formula is C15H16O4S. The van der Waals surface area contributed by atoms with Crippen molar-refractivity contribution in [3.63, 3.8) is 0 Å². The number of hydrogen-bond acceptors (Lipinski definition) is 5. The number of hydrogen-bond donors (Lipinski definition) is 0. The Morgan fingerprint density at radius 3 is 2.55 bits per heavy atom. The van der Waals surface area contributed by atoms with Crippen molar-refractivity contribution in [2.75, 3.05) is 14.2 Å². The molecule has 1 aromatic carbocycles. The van der Waals surface area contributed by atoms with Crippen molar-refractivity contribution in [1.29, 1.82) is 0 Å². The fourth-order valence-electron chi connectivity index (χ4n) is 1.75. The van der Waals surface area contributed by atoms with Gasteiger partial charge in [-0.2, -0.15) is 0 Å². The van der Waals surface area contributed by atoms with Gasteiger partial charge in [0.15, 0.2) is 0 Å². The van der Waals surface area contributed by atoms with Crippen molar-refractivity contribution in [3.8, 4) is 11.5 Å². The van der Waals surface area contributed by atoms with Gasteiger partial charge >= 0.3 is 5.97 Å². The molecule has 4 nitrogen and oxygen atoms in total. The zero-order valence-electron chi connectivity index (χ0n) is 11.6. The van der Waals surface area contributed by atoms with Gasteiger partial charge in [-0.15, -0.1) is 11.3 Å². The van der Waals surface area contributed by atoms with Gasteiger partial charge in [-0.25, -0.2) is 4.79 Å². The number of esters is 1. The Balaban J connectivity index is 2.08. The summed E-state index contributed by atoms with van der Waals surface area (Å²) in [4.78, 5) is 13.6. The standard InChI is InChI=1S/C15H16O4S/c1-10-4-7-14(20-10)15(16)19-9-11-8-12(17-2)5-6-13(11)18-3/h4-8H,9H2,1-3H3. The minimum absolute atomic E-state index is 0.149. The van der Waals surface area contributed by atoms with Crippen LogP contribution in [0.25, 0.3) is 0 Å². The molecule has 0 N–H and O–H groups in total. The van der Waals surface area contributed by atoms with Crippen molar-refractivity contribution in [3.05, 3.63) is 45.6 Å². The predicted octanol–water partition coefficient (Wildman–Crippen LogP) is 3.43. The summed E-state index contributed by atoms with van der Waals surface area (Å²) in [5.74, 6) is 1.04. The molecule has 0 atom stereocenters. The van der Waals surface area contributed by atoms with E-state index in [0.717, 1.165) is 10.4 Å². The Morgan fingerprint density at radius 1 is 1.15 bits per heavy atom. The van der Waals surface area contributed by atoms with Crippen LogP contribution in [0, 0.1) is 6.92 Å². The maximum Gasteiger partial charge on any atom is 0.348 e. The fraction of sp³-hybridized carbons (Fsp3) is 0.267. The molecule has 0 bridgehead atoms. The Morgan fingerprint density at radius 2 is 1.95 bits per heavy atom. The Hall–Kier alpha value is -2.01. The number of aryl methyl sites for hydroxylation is 1. The van der Waals surface area contributed by atoms with Crippen LogP contribution >= 0.6 is 11.3 Å². The maximum atomic E-state index is 11.9. The van der Waals surface area contributed by atoms with E-state index in [2.05, 4.69) is 0 Å². The first kappa shape index (κ1) is 14.4. The molecular weight excluding hydrogens is 276 g/mol. The van der Waals surface area contributed by atoms with Crippen LogP contribution in [0.5, 0.6) is 11.5 Å². The molecule has 0 aliphatic heterocycles. The second-order valence-electron chi connectivity index (χ2n) is 4.16. The van der Waals surface area contributed by atoms with E-state index in [-0.39, 0.29) is 12.6 Å². The Labute approximate surface area is 121 Å². The zero-order chi connectivity index (χ0) is 14.5. The molecule has 106 valence electrons. The zero-order valence-corrected chi connectivity index (χ0v) is 12.5. The molecule has 2 aromatic rings. The molecule has 0 spiro atoms. The predicted molar refractivity (Wildman–Crippen MR) is 77.7 cm³/mol. The topological polar surface area (TPSA) is 44.8 Å². The highest BCUT2D eigenvalue weighted by Crippen LogP contribution is 2.25. The molecule has 0 radical (unpaired) electrons. The minimum atomic E-state index is -0.326. The van der Waals surface area contributed by atoms with E-state index in [4.69, 9.17) is 14.2 Å². The van der Waals surface area contributed by atoms with Crippen LogP contribution in [0.3, 0.4) is 0 Å². The lowest BCUT2D eigenvalue weighted by molar-refractivity contribution is 0.0475. The summed E-state index contributed by atoms with van der Waals surface area (Å²) in [6, 6.07) is 9.05. The lowest BCUT2D eigenvalue weighted by atomic mass is 10.2. The van der Waals surface area contributed by atoms with Gasteiger partial charge in [-0.05, 0) is 37.3 Å². The van der Waals surface area contributed by atoms with Crippen molar-refractivity contribution < 1.29 is 19.0 Å². The van der Waals surface area contributed by atoms with Crippen LogP contribution in [-0.2, 0) is 11.3 Å². The summed E-state index contributed by atoms with van der Waals surface area (Å²) < 4.78 is 15.7. The van der Waals surface area contributed by atoms with Gasteiger partial charge in [0.1, 0.15) is 23.0 Å². The summed E-state index contributed by atoms with van der Waals surface area (Å²) in [6.45, 7) is 2.10. The first-order valence-corrected chi connectivity index (χ1v) is 6.90. The normalized spacial score (nSPS) is 10.2. The number of ether oxygens (including phenoxy) is 3. The summed E-state index contributed by atoms with van der Waals surface area (Å²) in [6.07, 6.45) is 0. The van der Waals surface area contributed by atoms with Gasteiger partial charge in [0.05, 0.1) is 14.2 Å². The third-order valence-corrected chi connectivity index (χ3v) is 3.77. The number of carbonyl (C=O) groups is 1. The molecule has 20 heavy (non-hydrogen) atoms. The van der Waals surface area contributed by atoms with E-state index in [1.807, 2.05) is 13.0 Å². The van der Waals surface area contributed by atoms with E-state index in [1.54, 1.807) is 38.5 Å². The molecule has 0 amide bonds. The third-order valence-electron chi connectivity index (χ3n) is 2.79. The second kappa shape index (κ2) is 6.43. The lowest BCUT2D eigenvalue weighted by Crippen LogP contribution is -2.04. The van der Waals surface area contributed by atoms with Gasteiger partial charge in [0.25, 0.3) is 0 Å². The van der Waals surface area contributed by atoms with E-state index < -0.39 is 0 Å². The molecule has 0 unspecified atom stereocenters. The third kappa shape index (κ3) is 3.30. The monoisotopic (exact) mass is 292 g/mol. The van der Waals surface area contributed by atoms with Gasteiger partial charge < -0.3 is 14.2 Å². The SMILES string of the molecule is COc1ccc(OC)c(COC(=O)c2ccc(C)s2)c1. The number of carbonyl (C=O) groups excluding carboxylic acids is 1. The van der Waals surface area contributed by atoms with Crippen molar-refractivity contribution in [2.24, 2.45) is 0 Å². The van der Waals surface area contributed by atoms with Gasteiger partial charge in [0.2, 0.25) is 0 Å². The highest BCUT2D eigenvalue weighted by atomic mass is 32.1. The summed E-state index contributed by atoms with van der Waals surface area (Å²) in [5.41, 5.74) is 0.772. The molecule has 0 fully saturated rings. The van der Waals surface area contributed by atoms with Crippen LogP contribution in [0.4, 0.5) is 0 Å². The first-order chi connectivity index (χ1) is 9.63. The quantitative estimate of drug-likeness (QED) is 0.792. The average molecular weight is 292 g/mol. The second-order valence-corrected chi connectivity index (χ2v) is 5.45. The number of methoxy groups -OCH3 is 2. The maximum absolute atomic E-state index is 11.9. The molecule has 5 heteroatoms. The van der Waals surface area contributed by atoms with Crippen molar-refractivity contribution in [1.82, 2.24) is 0 Å². The molecule has 0 saturated carbocycles. The van der Waals surface area contributed by atoms with Crippen LogP contribution in [-0.4, -0.2) is 20.2 Å². The smallest absolute Gasteiger partial charge is 0.348 e. The largest absolute Gasteiger partial charge is 0.497 e. The molecule has 0 aliphatic carbocycles. The van der Waals surface area contributed by atoms with Crippen molar-refractivity contribution >= 4 is 17.3 Å². The van der Waals surface area contributed by atoms with Crippen molar-refractivity contribution in [2.45, 2.75) is 13.5 Å². The molecule has 0 saturated heterocycles. The summed E-state index contributed by atoms with van der Waals surface area (Å²) in [5, 5.41) is 0. The van der Waals surface area contributed by atoms with E-state index in [9.17, 15) is 4.79 Å². The molecule has 0 aliphatic rings. The molecule has 1 aromatic heterocycles. The summed E-state index contributed by atoms with van der Waals surface area (Å²) >= 11 is 1.42. The fourth-order valence-corrected chi connectivity index (χ4v) is 2.51. The molecule has 2 rings (SSSR count). The summed E-state index contributed by atoms with van der Waals surface area (Å²) in [7, 11) is 3.17. The highest BCUT2D eigenvalue weighted by molar-refractivity contribution is 7.13. The Kier molecular flexibility index (Phi) is 4.63. The number of thiophene rings is 1. The van der Waals surface area contributed by atoms with Gasteiger partial charge in [-0.3, -0.25) is 0 Å². The van der Waals surface area contributed by atoms with Crippen LogP contribution in [0.2, 0.25) is 0 Å².